The fourth-order valence-corrected chi connectivity index (χ4v) is 2.76. The maximum Gasteiger partial charge on any atom is 0.187 e. The molecule has 0 saturated carbocycles. The van der Waals surface area contributed by atoms with E-state index >= 15 is 0 Å². The molecule has 1 atom stereocenters. The van der Waals surface area contributed by atoms with Gasteiger partial charge < -0.3 is 15.5 Å². The molecule has 0 spiro atoms. The summed E-state index contributed by atoms with van der Waals surface area (Å²) in [5.41, 5.74) is 1.72. The van der Waals surface area contributed by atoms with E-state index in [2.05, 4.69) is 21.2 Å². The van der Waals surface area contributed by atoms with Crippen LogP contribution in [0.3, 0.4) is 0 Å². The number of nitrogens with one attached hydrogen (secondary N) is 1. The Kier molecular flexibility index (Phi) is 3.13. The van der Waals surface area contributed by atoms with Crippen LogP contribution in [-0.2, 0) is 4.45 Å². The molecule has 6 heteroatoms. The predicted molar refractivity (Wildman–Crippen MR) is 79.4 cm³/mol. The fourth-order valence-electron chi connectivity index (χ4n) is 2.19. The lowest BCUT2D eigenvalue weighted by Gasteiger charge is -2.31. The van der Waals surface area contributed by atoms with Gasteiger partial charge in [-0.1, -0.05) is 22.0 Å². The van der Waals surface area contributed by atoms with Crippen LogP contribution in [0.4, 0.5) is 14.5 Å². The maximum atomic E-state index is 13.5. The van der Waals surface area contributed by atoms with Crippen molar-refractivity contribution in [2.24, 2.45) is 0 Å². The Bertz CT molecular complexity index is 740. The summed E-state index contributed by atoms with van der Waals surface area (Å²) >= 11 is 3.41. The van der Waals surface area contributed by atoms with E-state index in [0.29, 0.717) is 5.69 Å². The van der Waals surface area contributed by atoms with E-state index in [0.717, 1.165) is 17.7 Å². The SMILES string of the molecule is Oc1ccc2c(c1)C=CC(Br)(c1cc(F)c(O)c(F)c1)N2. The number of halogens is 3. The quantitative estimate of drug-likeness (QED) is 0.411. The summed E-state index contributed by atoms with van der Waals surface area (Å²) in [7, 11) is 0. The zero-order valence-corrected chi connectivity index (χ0v) is 12.2. The summed E-state index contributed by atoms with van der Waals surface area (Å²) < 4.78 is 26.0. The normalized spacial score (nSPS) is 20.0. The van der Waals surface area contributed by atoms with Crippen molar-refractivity contribution in [1.29, 1.82) is 0 Å². The van der Waals surface area contributed by atoms with Crippen LogP contribution in [0.15, 0.2) is 36.4 Å². The molecule has 0 radical (unpaired) electrons. The van der Waals surface area contributed by atoms with Gasteiger partial charge in [0.25, 0.3) is 0 Å². The summed E-state index contributed by atoms with van der Waals surface area (Å²) in [5, 5.41) is 21.7. The van der Waals surface area contributed by atoms with Gasteiger partial charge >= 0.3 is 0 Å². The average Bonchev–Trinajstić information content (AvgIpc) is 2.44. The van der Waals surface area contributed by atoms with Gasteiger partial charge in [0.1, 0.15) is 10.2 Å². The second kappa shape index (κ2) is 4.73. The van der Waals surface area contributed by atoms with Crippen LogP contribution in [-0.4, -0.2) is 10.2 Å². The molecule has 0 saturated heterocycles. The zero-order chi connectivity index (χ0) is 15.2. The van der Waals surface area contributed by atoms with Crippen LogP contribution in [0.5, 0.6) is 11.5 Å². The minimum atomic E-state index is -1.03. The Morgan fingerprint density at radius 2 is 1.71 bits per heavy atom. The topological polar surface area (TPSA) is 52.5 Å². The lowest BCUT2D eigenvalue weighted by molar-refractivity contribution is 0.395. The van der Waals surface area contributed by atoms with Gasteiger partial charge in [-0.25, -0.2) is 8.78 Å². The molecule has 1 unspecified atom stereocenters. The zero-order valence-electron chi connectivity index (χ0n) is 10.6. The molecular formula is C15H10BrF2NO2. The number of rotatable bonds is 1. The second-order valence-corrected chi connectivity index (χ2v) is 5.98. The predicted octanol–water partition coefficient (Wildman–Crippen LogP) is 4.06. The summed E-state index contributed by atoms with van der Waals surface area (Å²) in [6.07, 6.45) is 3.39. The van der Waals surface area contributed by atoms with Gasteiger partial charge in [-0.15, -0.1) is 0 Å². The number of hydrogen-bond donors (Lipinski definition) is 3. The van der Waals surface area contributed by atoms with Gasteiger partial charge in [-0.05, 0) is 42.0 Å². The highest BCUT2D eigenvalue weighted by Crippen LogP contribution is 2.41. The van der Waals surface area contributed by atoms with Gasteiger partial charge in [0.2, 0.25) is 0 Å². The van der Waals surface area contributed by atoms with Crippen LogP contribution in [0.2, 0.25) is 0 Å². The summed E-state index contributed by atoms with van der Waals surface area (Å²) in [6.45, 7) is 0. The van der Waals surface area contributed by atoms with Crippen LogP contribution in [0.1, 0.15) is 11.1 Å². The third kappa shape index (κ3) is 2.35. The Labute approximate surface area is 127 Å². The number of anilines is 1. The molecule has 0 fully saturated rings. The van der Waals surface area contributed by atoms with Crippen LogP contribution in [0.25, 0.3) is 6.08 Å². The summed E-state index contributed by atoms with van der Waals surface area (Å²) in [5.74, 6) is -2.94. The molecule has 3 N–H and O–H groups in total. The molecule has 3 nitrogen and oxygen atoms in total. The molecule has 0 aromatic heterocycles. The molecule has 108 valence electrons. The van der Waals surface area contributed by atoms with Crippen molar-refractivity contribution < 1.29 is 19.0 Å². The molecule has 2 aromatic rings. The molecule has 1 aliphatic heterocycles. The number of benzene rings is 2. The molecule has 21 heavy (non-hydrogen) atoms. The molecule has 0 amide bonds. The molecular weight excluding hydrogens is 344 g/mol. The number of fused-ring (bicyclic) bond motifs is 1. The lowest BCUT2D eigenvalue weighted by atomic mass is 9.99. The first-order valence-electron chi connectivity index (χ1n) is 6.07. The van der Waals surface area contributed by atoms with Crippen LogP contribution < -0.4 is 5.32 Å². The van der Waals surface area contributed by atoms with Crippen molar-refractivity contribution >= 4 is 27.7 Å². The highest BCUT2D eigenvalue weighted by Gasteiger charge is 2.31. The van der Waals surface area contributed by atoms with Gasteiger partial charge in [0, 0.05) is 11.3 Å². The van der Waals surface area contributed by atoms with Crippen molar-refractivity contribution in [1.82, 2.24) is 0 Å². The first-order valence-corrected chi connectivity index (χ1v) is 6.86. The van der Waals surface area contributed by atoms with Gasteiger partial charge in [-0.2, -0.15) is 0 Å². The van der Waals surface area contributed by atoms with E-state index in [1.165, 1.54) is 6.07 Å². The van der Waals surface area contributed by atoms with Crippen LogP contribution in [0, 0.1) is 11.6 Å². The summed E-state index contributed by atoms with van der Waals surface area (Å²) in [4.78, 5) is 0. The largest absolute Gasteiger partial charge is 0.508 e. The first kappa shape index (κ1) is 13.9. The van der Waals surface area contributed by atoms with E-state index < -0.39 is 21.8 Å². The van der Waals surface area contributed by atoms with Crippen molar-refractivity contribution in [2.45, 2.75) is 4.45 Å². The number of alkyl halides is 1. The first-order chi connectivity index (χ1) is 9.89. The smallest absolute Gasteiger partial charge is 0.187 e. The third-order valence-electron chi connectivity index (χ3n) is 3.28. The molecule has 0 bridgehead atoms. The molecule has 1 heterocycles. The lowest BCUT2D eigenvalue weighted by Crippen LogP contribution is -2.28. The van der Waals surface area contributed by atoms with Crippen molar-refractivity contribution in [2.75, 3.05) is 5.32 Å². The molecule has 3 rings (SSSR count). The number of hydrogen-bond acceptors (Lipinski definition) is 3. The average molecular weight is 354 g/mol. The van der Waals surface area contributed by atoms with Gasteiger partial charge in [0.15, 0.2) is 17.4 Å². The highest BCUT2D eigenvalue weighted by molar-refractivity contribution is 9.09. The van der Waals surface area contributed by atoms with E-state index in [1.54, 1.807) is 24.3 Å². The van der Waals surface area contributed by atoms with Crippen molar-refractivity contribution in [3.8, 4) is 11.5 Å². The molecule has 0 aliphatic carbocycles. The second-order valence-electron chi connectivity index (χ2n) is 4.73. The Morgan fingerprint density at radius 3 is 2.38 bits per heavy atom. The van der Waals surface area contributed by atoms with E-state index in [4.69, 9.17) is 5.11 Å². The minimum Gasteiger partial charge on any atom is -0.508 e. The monoisotopic (exact) mass is 353 g/mol. The molecule has 1 aliphatic rings. The van der Waals surface area contributed by atoms with Crippen molar-refractivity contribution in [3.63, 3.8) is 0 Å². The van der Waals surface area contributed by atoms with E-state index in [9.17, 15) is 13.9 Å². The van der Waals surface area contributed by atoms with Crippen LogP contribution >= 0.6 is 15.9 Å². The standard InChI is InChI=1S/C15H10BrF2NO2/c16-15(9-6-11(17)14(21)12(18)7-9)4-3-8-5-10(20)1-2-13(8)19-15/h1-7,19-21H. The summed E-state index contributed by atoms with van der Waals surface area (Å²) in [6, 6.07) is 6.85. The minimum absolute atomic E-state index is 0.129. The fraction of sp³-hybridized carbons (Fsp3) is 0.0667. The Balaban J connectivity index is 2.06. The Hall–Kier alpha value is -2.08. The number of aromatic hydroxyl groups is 2. The number of phenols is 2. The van der Waals surface area contributed by atoms with E-state index in [1.807, 2.05) is 0 Å². The van der Waals surface area contributed by atoms with E-state index in [-0.39, 0.29) is 11.3 Å². The number of phenolic OH excluding ortho intramolecular Hbond substituents is 2. The molecule has 2 aromatic carbocycles. The van der Waals surface area contributed by atoms with Crippen molar-refractivity contribution in [3.05, 3.63) is 59.2 Å². The van der Waals surface area contributed by atoms with Gasteiger partial charge in [0.05, 0.1) is 0 Å². The Morgan fingerprint density at radius 1 is 1.05 bits per heavy atom. The highest BCUT2D eigenvalue weighted by atomic mass is 79.9. The third-order valence-corrected chi connectivity index (χ3v) is 4.20. The van der Waals surface area contributed by atoms with Gasteiger partial charge in [-0.3, -0.25) is 0 Å². The maximum absolute atomic E-state index is 13.5.